The predicted octanol–water partition coefficient (Wildman–Crippen LogP) is 3.94. The standard InChI is InChI=1S/C18H27N3OS2/c1-13-7-8-14(12-15(13)21-10-5-6-16(21)22)20-17(23)19-9-11-24-18(2,3)4/h7-8,12H,5-6,9-11H2,1-4H3,(H2,19,20,23). The zero-order valence-corrected chi connectivity index (χ0v) is 16.6. The van der Waals surface area contributed by atoms with Gasteiger partial charge in [0.15, 0.2) is 5.11 Å². The third kappa shape index (κ3) is 5.67. The maximum Gasteiger partial charge on any atom is 0.227 e. The lowest BCUT2D eigenvalue weighted by Gasteiger charge is -2.20. The second-order valence-electron chi connectivity index (χ2n) is 6.99. The van der Waals surface area contributed by atoms with Crippen LogP contribution in [0.5, 0.6) is 0 Å². The highest BCUT2D eigenvalue weighted by molar-refractivity contribution is 8.00. The van der Waals surface area contributed by atoms with E-state index in [4.69, 9.17) is 12.2 Å². The molecule has 0 radical (unpaired) electrons. The maximum absolute atomic E-state index is 12.0. The van der Waals surface area contributed by atoms with Crippen molar-refractivity contribution in [2.45, 2.75) is 45.3 Å². The molecule has 24 heavy (non-hydrogen) atoms. The van der Waals surface area contributed by atoms with E-state index in [1.807, 2.05) is 41.8 Å². The topological polar surface area (TPSA) is 44.4 Å². The quantitative estimate of drug-likeness (QED) is 0.611. The van der Waals surface area contributed by atoms with Crippen LogP contribution in [0.4, 0.5) is 11.4 Å². The Balaban J connectivity index is 1.90. The van der Waals surface area contributed by atoms with Gasteiger partial charge in [-0.15, -0.1) is 0 Å². The highest BCUT2D eigenvalue weighted by atomic mass is 32.2. The molecule has 1 aromatic carbocycles. The van der Waals surface area contributed by atoms with E-state index in [9.17, 15) is 4.79 Å². The van der Waals surface area contributed by atoms with E-state index in [1.54, 1.807) is 0 Å². The highest BCUT2D eigenvalue weighted by Gasteiger charge is 2.23. The van der Waals surface area contributed by atoms with E-state index in [0.29, 0.717) is 11.5 Å². The summed E-state index contributed by atoms with van der Waals surface area (Å²) in [7, 11) is 0. The first kappa shape index (κ1) is 19.1. The van der Waals surface area contributed by atoms with Crippen LogP contribution < -0.4 is 15.5 Å². The minimum Gasteiger partial charge on any atom is -0.362 e. The van der Waals surface area contributed by atoms with Crippen molar-refractivity contribution < 1.29 is 4.79 Å². The summed E-state index contributed by atoms with van der Waals surface area (Å²) in [5.74, 6) is 1.21. The van der Waals surface area contributed by atoms with Gasteiger partial charge < -0.3 is 15.5 Å². The van der Waals surface area contributed by atoms with Crippen LogP contribution in [-0.4, -0.2) is 34.6 Å². The number of amides is 1. The number of rotatable bonds is 5. The average Bonchev–Trinajstić information content (AvgIpc) is 2.91. The Labute approximate surface area is 154 Å². The Morgan fingerprint density at radius 1 is 1.38 bits per heavy atom. The van der Waals surface area contributed by atoms with Crippen molar-refractivity contribution in [1.82, 2.24) is 5.32 Å². The van der Waals surface area contributed by atoms with E-state index < -0.39 is 0 Å². The molecule has 1 aromatic rings. The number of hydrogen-bond acceptors (Lipinski definition) is 3. The number of carbonyl (C=O) groups excluding carboxylic acids is 1. The van der Waals surface area contributed by atoms with Gasteiger partial charge in [0.05, 0.1) is 0 Å². The second kappa shape index (κ2) is 8.21. The van der Waals surface area contributed by atoms with Gasteiger partial charge in [0, 0.05) is 41.4 Å². The first-order chi connectivity index (χ1) is 11.3. The Hall–Kier alpha value is -1.27. The molecule has 2 N–H and O–H groups in total. The molecule has 0 aromatic heterocycles. The van der Waals surface area contributed by atoms with Gasteiger partial charge in [-0.1, -0.05) is 26.8 Å². The minimum absolute atomic E-state index is 0.204. The molecular weight excluding hydrogens is 338 g/mol. The monoisotopic (exact) mass is 365 g/mol. The molecule has 1 fully saturated rings. The molecule has 1 saturated heterocycles. The van der Waals surface area contributed by atoms with Gasteiger partial charge in [0.25, 0.3) is 0 Å². The van der Waals surface area contributed by atoms with Crippen LogP contribution in [0.15, 0.2) is 18.2 Å². The molecule has 1 aliphatic heterocycles. The van der Waals surface area contributed by atoms with Crippen LogP contribution in [0.2, 0.25) is 0 Å². The molecule has 4 nitrogen and oxygen atoms in total. The third-order valence-electron chi connectivity index (χ3n) is 3.75. The van der Waals surface area contributed by atoms with Crippen LogP contribution in [0.25, 0.3) is 0 Å². The fraction of sp³-hybridized carbons (Fsp3) is 0.556. The summed E-state index contributed by atoms with van der Waals surface area (Å²) < 4.78 is 0.269. The highest BCUT2D eigenvalue weighted by Crippen LogP contribution is 2.28. The van der Waals surface area contributed by atoms with Crippen molar-refractivity contribution in [2.75, 3.05) is 29.1 Å². The number of hydrogen-bond donors (Lipinski definition) is 2. The van der Waals surface area contributed by atoms with Gasteiger partial charge in [-0.05, 0) is 43.3 Å². The van der Waals surface area contributed by atoms with Crippen molar-refractivity contribution in [3.05, 3.63) is 23.8 Å². The van der Waals surface area contributed by atoms with Gasteiger partial charge in [-0.25, -0.2) is 0 Å². The van der Waals surface area contributed by atoms with E-state index in [1.165, 1.54) is 0 Å². The summed E-state index contributed by atoms with van der Waals surface area (Å²) in [5, 5.41) is 7.07. The maximum atomic E-state index is 12.0. The van der Waals surface area contributed by atoms with Gasteiger partial charge in [0.2, 0.25) is 5.91 Å². The zero-order chi connectivity index (χ0) is 17.7. The van der Waals surface area contributed by atoms with E-state index in [-0.39, 0.29) is 10.7 Å². The first-order valence-electron chi connectivity index (χ1n) is 8.36. The molecule has 132 valence electrons. The average molecular weight is 366 g/mol. The number of aryl methyl sites for hydroxylation is 1. The van der Waals surface area contributed by atoms with Crippen molar-refractivity contribution in [3.63, 3.8) is 0 Å². The third-order valence-corrected chi connectivity index (χ3v) is 5.27. The molecular formula is C18H27N3OS2. The second-order valence-corrected chi connectivity index (χ2v) is 9.32. The van der Waals surface area contributed by atoms with Crippen molar-refractivity contribution in [2.24, 2.45) is 0 Å². The summed E-state index contributed by atoms with van der Waals surface area (Å²) in [6.45, 7) is 10.3. The van der Waals surface area contributed by atoms with Gasteiger partial charge in [0.1, 0.15) is 0 Å². The van der Waals surface area contributed by atoms with Gasteiger partial charge in [-0.3, -0.25) is 4.79 Å². The smallest absolute Gasteiger partial charge is 0.227 e. The molecule has 1 aliphatic rings. The van der Waals surface area contributed by atoms with Crippen molar-refractivity contribution in [3.8, 4) is 0 Å². The molecule has 6 heteroatoms. The molecule has 2 rings (SSSR count). The fourth-order valence-electron chi connectivity index (χ4n) is 2.58. The number of thioether (sulfide) groups is 1. The summed E-state index contributed by atoms with van der Waals surface area (Å²) >= 11 is 7.27. The number of thiocarbonyl (C=S) groups is 1. The summed E-state index contributed by atoms with van der Waals surface area (Å²) in [6, 6.07) is 6.04. The Morgan fingerprint density at radius 3 is 2.75 bits per heavy atom. The van der Waals surface area contributed by atoms with Crippen molar-refractivity contribution >= 4 is 46.4 Å². The largest absolute Gasteiger partial charge is 0.362 e. The molecule has 0 unspecified atom stereocenters. The van der Waals surface area contributed by atoms with Crippen LogP contribution in [0.3, 0.4) is 0 Å². The molecule has 0 aliphatic carbocycles. The SMILES string of the molecule is Cc1ccc(NC(=S)NCCSC(C)(C)C)cc1N1CCCC1=O. The minimum atomic E-state index is 0.204. The van der Waals surface area contributed by atoms with Crippen LogP contribution in [0.1, 0.15) is 39.2 Å². The predicted molar refractivity (Wildman–Crippen MR) is 109 cm³/mol. The fourth-order valence-corrected chi connectivity index (χ4v) is 3.61. The summed E-state index contributed by atoms with van der Waals surface area (Å²) in [5.41, 5.74) is 3.00. The molecule has 1 amide bonds. The summed E-state index contributed by atoms with van der Waals surface area (Å²) in [6.07, 6.45) is 1.57. The molecule has 0 saturated carbocycles. The lowest BCUT2D eigenvalue weighted by molar-refractivity contribution is -0.117. The number of nitrogens with zero attached hydrogens (tertiary/aromatic N) is 1. The van der Waals surface area contributed by atoms with Crippen LogP contribution in [0, 0.1) is 6.92 Å². The van der Waals surface area contributed by atoms with Crippen LogP contribution >= 0.6 is 24.0 Å². The van der Waals surface area contributed by atoms with Crippen LogP contribution in [-0.2, 0) is 4.79 Å². The van der Waals surface area contributed by atoms with E-state index in [2.05, 4.69) is 31.4 Å². The molecule has 0 atom stereocenters. The number of anilines is 2. The van der Waals surface area contributed by atoms with Gasteiger partial charge in [-0.2, -0.15) is 11.8 Å². The molecule has 0 bridgehead atoms. The molecule has 0 spiro atoms. The Kier molecular flexibility index (Phi) is 6.52. The first-order valence-corrected chi connectivity index (χ1v) is 9.75. The van der Waals surface area contributed by atoms with E-state index in [0.717, 1.165) is 42.2 Å². The van der Waals surface area contributed by atoms with E-state index >= 15 is 0 Å². The number of benzene rings is 1. The lowest BCUT2D eigenvalue weighted by atomic mass is 10.1. The zero-order valence-electron chi connectivity index (χ0n) is 14.9. The Morgan fingerprint density at radius 2 is 2.12 bits per heavy atom. The number of carbonyl (C=O) groups is 1. The molecule has 1 heterocycles. The van der Waals surface area contributed by atoms with Gasteiger partial charge >= 0.3 is 0 Å². The normalized spacial score (nSPS) is 14.8. The number of nitrogens with one attached hydrogen (secondary N) is 2. The van der Waals surface area contributed by atoms with Crippen molar-refractivity contribution in [1.29, 1.82) is 0 Å². The Bertz CT molecular complexity index is 611. The lowest BCUT2D eigenvalue weighted by Crippen LogP contribution is -2.31. The summed E-state index contributed by atoms with van der Waals surface area (Å²) in [4.78, 5) is 13.9.